The quantitative estimate of drug-likeness (QED) is 0.912. The van der Waals surface area contributed by atoms with E-state index in [4.69, 9.17) is 4.74 Å². The van der Waals surface area contributed by atoms with E-state index in [2.05, 4.69) is 29.0 Å². The Bertz CT molecular complexity index is 556. The molecule has 2 heterocycles. The molecule has 4 heteroatoms. The second-order valence-electron chi connectivity index (χ2n) is 5.68. The van der Waals surface area contributed by atoms with Crippen molar-refractivity contribution in [2.24, 2.45) is 0 Å². The first kappa shape index (κ1) is 12.5. The van der Waals surface area contributed by atoms with Crippen molar-refractivity contribution in [2.45, 2.75) is 58.0 Å². The number of nitrogens with zero attached hydrogens (tertiary/aromatic N) is 2. The molecule has 19 heavy (non-hydrogen) atoms. The lowest BCUT2D eigenvalue weighted by atomic mass is 9.98. The minimum absolute atomic E-state index is 0.321. The Labute approximate surface area is 113 Å². The van der Waals surface area contributed by atoms with Crippen LogP contribution in [-0.2, 0) is 0 Å². The van der Waals surface area contributed by atoms with Gasteiger partial charge in [-0.05, 0) is 37.7 Å². The Kier molecular flexibility index (Phi) is 3.40. The van der Waals surface area contributed by atoms with Crippen LogP contribution in [0.4, 0.5) is 0 Å². The number of H-pyrrole nitrogens is 1. The van der Waals surface area contributed by atoms with E-state index in [1.807, 2.05) is 6.07 Å². The number of nitrogens with one attached hydrogen (secondary N) is 1. The molecule has 1 aliphatic rings. The lowest BCUT2D eigenvalue weighted by Gasteiger charge is -2.22. The molecule has 0 amide bonds. The second-order valence-corrected chi connectivity index (χ2v) is 5.68. The summed E-state index contributed by atoms with van der Waals surface area (Å²) in [4.78, 5) is 4.43. The highest BCUT2D eigenvalue weighted by molar-refractivity contribution is 5.86. The standard InChI is InChI=1S/C15H21N3O/c1-10(2)14-13-12(17-18-14)8-9-16-15(13)19-11-6-4-3-5-7-11/h8-11H,3-7H2,1-2H3,(H,17,18). The van der Waals surface area contributed by atoms with Crippen LogP contribution in [0.25, 0.3) is 10.9 Å². The highest BCUT2D eigenvalue weighted by Crippen LogP contribution is 2.31. The fourth-order valence-electron chi connectivity index (χ4n) is 2.80. The molecule has 0 saturated heterocycles. The third-order valence-corrected chi connectivity index (χ3v) is 3.87. The molecule has 0 atom stereocenters. The maximum Gasteiger partial charge on any atom is 0.225 e. The first-order valence-corrected chi connectivity index (χ1v) is 7.25. The first-order chi connectivity index (χ1) is 9.25. The number of pyridine rings is 1. The van der Waals surface area contributed by atoms with Gasteiger partial charge >= 0.3 is 0 Å². The molecule has 1 fully saturated rings. The van der Waals surface area contributed by atoms with Gasteiger partial charge in [0.15, 0.2) is 0 Å². The van der Waals surface area contributed by atoms with E-state index < -0.39 is 0 Å². The molecule has 4 nitrogen and oxygen atoms in total. The Morgan fingerprint density at radius 1 is 1.26 bits per heavy atom. The highest BCUT2D eigenvalue weighted by atomic mass is 16.5. The molecule has 3 rings (SSSR count). The fourth-order valence-corrected chi connectivity index (χ4v) is 2.80. The fraction of sp³-hybridized carbons (Fsp3) is 0.600. The van der Waals surface area contributed by atoms with Gasteiger partial charge in [0.2, 0.25) is 5.88 Å². The molecule has 1 aliphatic carbocycles. The average Bonchev–Trinajstić information content (AvgIpc) is 2.85. The number of hydrogen-bond acceptors (Lipinski definition) is 3. The molecule has 0 aromatic carbocycles. The Balaban J connectivity index is 1.95. The summed E-state index contributed by atoms with van der Waals surface area (Å²) >= 11 is 0. The van der Waals surface area contributed by atoms with Crippen LogP contribution in [-0.4, -0.2) is 21.3 Å². The lowest BCUT2D eigenvalue weighted by molar-refractivity contribution is 0.151. The molecular formula is C15H21N3O. The summed E-state index contributed by atoms with van der Waals surface area (Å²) in [5.74, 6) is 1.14. The summed E-state index contributed by atoms with van der Waals surface area (Å²) < 4.78 is 6.15. The van der Waals surface area contributed by atoms with Gasteiger partial charge in [0.1, 0.15) is 6.10 Å². The predicted molar refractivity (Wildman–Crippen MR) is 75.5 cm³/mol. The maximum absolute atomic E-state index is 6.15. The lowest BCUT2D eigenvalue weighted by Crippen LogP contribution is -2.20. The van der Waals surface area contributed by atoms with E-state index in [-0.39, 0.29) is 0 Å². The zero-order valence-corrected chi connectivity index (χ0v) is 11.6. The summed E-state index contributed by atoms with van der Waals surface area (Å²) in [6.07, 6.45) is 8.26. The van der Waals surface area contributed by atoms with Gasteiger partial charge in [-0.2, -0.15) is 5.10 Å². The van der Waals surface area contributed by atoms with E-state index >= 15 is 0 Å². The predicted octanol–water partition coefficient (Wildman–Crippen LogP) is 3.79. The van der Waals surface area contributed by atoms with Gasteiger partial charge in [-0.15, -0.1) is 0 Å². The van der Waals surface area contributed by atoms with E-state index in [1.54, 1.807) is 6.20 Å². The molecule has 102 valence electrons. The highest BCUT2D eigenvalue weighted by Gasteiger charge is 2.20. The van der Waals surface area contributed by atoms with E-state index in [0.717, 1.165) is 35.3 Å². The van der Waals surface area contributed by atoms with Crippen molar-refractivity contribution in [1.82, 2.24) is 15.2 Å². The van der Waals surface area contributed by atoms with E-state index in [0.29, 0.717) is 12.0 Å². The number of ether oxygens (including phenoxy) is 1. The number of aromatic nitrogens is 3. The Morgan fingerprint density at radius 2 is 2.05 bits per heavy atom. The first-order valence-electron chi connectivity index (χ1n) is 7.25. The van der Waals surface area contributed by atoms with Gasteiger partial charge in [0.05, 0.1) is 16.6 Å². The van der Waals surface area contributed by atoms with Gasteiger partial charge in [-0.1, -0.05) is 20.3 Å². The number of hydrogen-bond donors (Lipinski definition) is 1. The monoisotopic (exact) mass is 259 g/mol. The summed E-state index contributed by atoms with van der Waals surface area (Å²) in [6, 6.07) is 1.94. The van der Waals surface area contributed by atoms with Crippen LogP contribution in [0.3, 0.4) is 0 Å². The molecule has 0 bridgehead atoms. The van der Waals surface area contributed by atoms with Crippen molar-refractivity contribution in [3.05, 3.63) is 18.0 Å². The van der Waals surface area contributed by atoms with E-state index in [1.165, 1.54) is 19.3 Å². The van der Waals surface area contributed by atoms with Gasteiger partial charge in [0, 0.05) is 6.20 Å². The molecule has 2 aromatic heterocycles. The molecule has 0 radical (unpaired) electrons. The van der Waals surface area contributed by atoms with Gasteiger partial charge in [-0.3, -0.25) is 5.10 Å². The molecule has 0 spiro atoms. The third-order valence-electron chi connectivity index (χ3n) is 3.87. The summed E-state index contributed by atoms with van der Waals surface area (Å²) in [6.45, 7) is 4.31. The number of aromatic amines is 1. The smallest absolute Gasteiger partial charge is 0.225 e. The third kappa shape index (κ3) is 2.44. The van der Waals surface area contributed by atoms with E-state index in [9.17, 15) is 0 Å². The van der Waals surface area contributed by atoms with Crippen molar-refractivity contribution < 1.29 is 4.74 Å². The molecule has 1 N–H and O–H groups in total. The zero-order chi connectivity index (χ0) is 13.2. The van der Waals surface area contributed by atoms with Crippen molar-refractivity contribution in [2.75, 3.05) is 0 Å². The van der Waals surface area contributed by atoms with Crippen LogP contribution in [0.1, 0.15) is 57.6 Å². The van der Waals surface area contributed by atoms with Crippen molar-refractivity contribution in [3.63, 3.8) is 0 Å². The van der Waals surface area contributed by atoms with Gasteiger partial charge in [0.25, 0.3) is 0 Å². The van der Waals surface area contributed by atoms with Gasteiger partial charge in [-0.25, -0.2) is 4.98 Å². The second kappa shape index (κ2) is 5.19. The molecule has 0 aliphatic heterocycles. The topological polar surface area (TPSA) is 50.8 Å². The van der Waals surface area contributed by atoms with Crippen molar-refractivity contribution >= 4 is 10.9 Å². The average molecular weight is 259 g/mol. The summed E-state index contributed by atoms with van der Waals surface area (Å²) in [5, 5.41) is 8.53. The molecule has 2 aromatic rings. The molecule has 1 saturated carbocycles. The number of fused-ring (bicyclic) bond motifs is 1. The minimum atomic E-state index is 0.321. The van der Waals surface area contributed by atoms with Crippen LogP contribution >= 0.6 is 0 Å². The maximum atomic E-state index is 6.15. The van der Waals surface area contributed by atoms with Gasteiger partial charge < -0.3 is 4.74 Å². The minimum Gasteiger partial charge on any atom is -0.474 e. The Hall–Kier alpha value is -1.58. The molecular weight excluding hydrogens is 238 g/mol. The summed E-state index contributed by atoms with van der Waals surface area (Å²) in [5.41, 5.74) is 2.07. The number of rotatable bonds is 3. The van der Waals surface area contributed by atoms with Crippen LogP contribution in [0, 0.1) is 0 Å². The zero-order valence-electron chi connectivity index (χ0n) is 11.6. The summed E-state index contributed by atoms with van der Waals surface area (Å²) in [7, 11) is 0. The van der Waals surface area contributed by atoms with Crippen LogP contribution < -0.4 is 4.74 Å². The van der Waals surface area contributed by atoms with Crippen molar-refractivity contribution in [1.29, 1.82) is 0 Å². The van der Waals surface area contributed by atoms with Crippen molar-refractivity contribution in [3.8, 4) is 5.88 Å². The Morgan fingerprint density at radius 3 is 2.79 bits per heavy atom. The largest absolute Gasteiger partial charge is 0.474 e. The van der Waals surface area contributed by atoms with Crippen LogP contribution in [0.5, 0.6) is 5.88 Å². The normalized spacial score (nSPS) is 17.2. The SMILES string of the molecule is CC(C)c1[nH]nc2ccnc(OC3CCCCC3)c12. The van der Waals surface area contributed by atoms with Crippen LogP contribution in [0.15, 0.2) is 12.3 Å². The molecule has 0 unspecified atom stereocenters. The van der Waals surface area contributed by atoms with Crippen LogP contribution in [0.2, 0.25) is 0 Å².